The van der Waals surface area contributed by atoms with Gasteiger partial charge in [-0.2, -0.15) is 0 Å². The van der Waals surface area contributed by atoms with E-state index in [9.17, 15) is 19.2 Å². The number of ether oxygens (including phenoxy) is 2. The van der Waals surface area contributed by atoms with Crippen LogP contribution in [0.15, 0.2) is 48.5 Å². The summed E-state index contributed by atoms with van der Waals surface area (Å²) in [6, 6.07) is 15.8. The Balaban J connectivity index is 1.28. The minimum Gasteiger partial charge on any atom is -0.494 e. The van der Waals surface area contributed by atoms with E-state index in [1.165, 1.54) is 18.2 Å². The second-order valence-corrected chi connectivity index (χ2v) is 10.3. The summed E-state index contributed by atoms with van der Waals surface area (Å²) in [7, 11) is 1.47. The number of ketones is 3. The van der Waals surface area contributed by atoms with E-state index in [1.54, 1.807) is 0 Å². The topological polar surface area (TPSA) is 98.8 Å². The molecule has 0 unspecified atom stereocenters. The Morgan fingerprint density at radius 3 is 2.38 bits per heavy atom. The van der Waals surface area contributed by atoms with Gasteiger partial charge >= 0.3 is 0 Å². The van der Waals surface area contributed by atoms with E-state index in [4.69, 9.17) is 9.47 Å². The zero-order valence-corrected chi connectivity index (χ0v) is 23.0. The van der Waals surface area contributed by atoms with Crippen LogP contribution in [-0.2, 0) is 32.0 Å². The van der Waals surface area contributed by atoms with Gasteiger partial charge in [0.15, 0.2) is 11.6 Å². The first-order valence-corrected chi connectivity index (χ1v) is 14.1. The van der Waals surface area contributed by atoms with E-state index in [2.05, 4.69) is 29.6 Å². The van der Waals surface area contributed by atoms with E-state index in [-0.39, 0.29) is 42.7 Å². The third-order valence-electron chi connectivity index (χ3n) is 7.10. The average molecular weight is 536 g/mol. The predicted molar refractivity (Wildman–Crippen MR) is 150 cm³/mol. The number of nitrogens with one attached hydrogen (secondary N) is 1. The minimum absolute atomic E-state index is 0.00496. The highest BCUT2D eigenvalue weighted by molar-refractivity contribution is 5.96. The number of rotatable bonds is 17. The molecule has 0 saturated carbocycles. The van der Waals surface area contributed by atoms with Crippen LogP contribution >= 0.6 is 0 Å². The van der Waals surface area contributed by atoms with E-state index in [0.29, 0.717) is 62.5 Å². The van der Waals surface area contributed by atoms with Crippen molar-refractivity contribution in [3.8, 4) is 5.75 Å². The van der Waals surface area contributed by atoms with E-state index in [1.807, 2.05) is 24.3 Å². The lowest BCUT2D eigenvalue weighted by atomic mass is 9.90. The molecule has 0 saturated heterocycles. The van der Waals surface area contributed by atoms with Crippen LogP contribution in [-0.4, -0.2) is 50.1 Å². The second kappa shape index (κ2) is 16.6. The van der Waals surface area contributed by atoms with Crippen molar-refractivity contribution in [3.05, 3.63) is 65.2 Å². The largest absolute Gasteiger partial charge is 0.494 e. The van der Waals surface area contributed by atoms with Gasteiger partial charge in [0.2, 0.25) is 5.91 Å². The highest BCUT2D eigenvalue weighted by Crippen LogP contribution is 2.28. The van der Waals surface area contributed by atoms with Gasteiger partial charge in [0, 0.05) is 51.3 Å². The maximum absolute atomic E-state index is 12.9. The molecule has 1 aliphatic rings. The molecule has 0 aliphatic heterocycles. The van der Waals surface area contributed by atoms with E-state index < -0.39 is 0 Å². The van der Waals surface area contributed by atoms with Crippen LogP contribution in [0.1, 0.15) is 79.3 Å². The van der Waals surface area contributed by atoms with Crippen LogP contribution in [0, 0.1) is 5.92 Å². The number of hydrogen-bond acceptors (Lipinski definition) is 6. The van der Waals surface area contributed by atoms with Gasteiger partial charge < -0.3 is 14.8 Å². The Morgan fingerprint density at radius 2 is 1.62 bits per heavy atom. The monoisotopic (exact) mass is 535 g/mol. The van der Waals surface area contributed by atoms with Crippen LogP contribution in [0.3, 0.4) is 0 Å². The number of methoxy groups -OCH3 is 1. The summed E-state index contributed by atoms with van der Waals surface area (Å²) in [6.45, 7) is 0.895. The third kappa shape index (κ3) is 11.1. The fourth-order valence-electron chi connectivity index (χ4n) is 4.96. The van der Waals surface area contributed by atoms with Crippen LogP contribution in [0.2, 0.25) is 0 Å². The van der Waals surface area contributed by atoms with E-state index in [0.717, 1.165) is 25.7 Å². The van der Waals surface area contributed by atoms with Crippen LogP contribution < -0.4 is 10.1 Å². The van der Waals surface area contributed by atoms with Crippen molar-refractivity contribution in [2.75, 3.05) is 26.9 Å². The molecule has 2 aromatic rings. The third-order valence-corrected chi connectivity index (χ3v) is 7.10. The van der Waals surface area contributed by atoms with Gasteiger partial charge in [0.05, 0.1) is 6.61 Å². The van der Waals surface area contributed by atoms with Crippen molar-refractivity contribution in [2.24, 2.45) is 5.92 Å². The molecule has 7 heteroatoms. The van der Waals surface area contributed by atoms with Crippen molar-refractivity contribution in [1.29, 1.82) is 0 Å². The Labute approximate surface area is 231 Å². The normalized spacial score (nSPS) is 14.6. The molecule has 2 aromatic carbocycles. The van der Waals surface area contributed by atoms with Crippen LogP contribution in [0.4, 0.5) is 0 Å². The number of benzene rings is 2. The summed E-state index contributed by atoms with van der Waals surface area (Å²) in [5.41, 5.74) is 3.50. The van der Waals surface area contributed by atoms with Gasteiger partial charge in [0.25, 0.3) is 0 Å². The smallest absolute Gasteiger partial charge is 0.220 e. The standard InChI is InChI=1S/C32H41NO6/c1-38-23-29(35)11-5-19-33-32(37)18-15-28(34)12-6-20-39-30-16-13-26(14-17-30)31(36)22-24-7-4-10-25-8-2-3-9-27(25)21-24/h2-3,8-9,13-14,16-17,24H,4-7,10-12,15,18-23H2,1H3,(H,33,37)/t24-/m1/s1. The molecule has 0 aromatic heterocycles. The van der Waals surface area contributed by atoms with Gasteiger partial charge in [-0.15, -0.1) is 0 Å². The molecule has 39 heavy (non-hydrogen) atoms. The Bertz CT molecular complexity index is 1090. The number of Topliss-reactive ketones (excluding diaryl/α,β-unsaturated/α-hetero) is 3. The van der Waals surface area contributed by atoms with Crippen molar-refractivity contribution in [1.82, 2.24) is 5.32 Å². The van der Waals surface area contributed by atoms with Crippen molar-refractivity contribution in [3.63, 3.8) is 0 Å². The number of carbonyl (C=O) groups is 4. The SMILES string of the molecule is COCC(=O)CCCNC(=O)CCC(=O)CCCOc1ccc(C(=O)C[C@@H]2CCCc3ccccc3C2)cc1. The molecule has 7 nitrogen and oxygen atoms in total. The number of fused-ring (bicyclic) bond motifs is 1. The molecule has 0 radical (unpaired) electrons. The molecule has 1 amide bonds. The van der Waals surface area contributed by atoms with Crippen LogP contribution in [0.5, 0.6) is 5.75 Å². The molecule has 0 spiro atoms. The number of aryl methyl sites for hydroxylation is 1. The minimum atomic E-state index is -0.183. The Morgan fingerprint density at radius 1 is 0.872 bits per heavy atom. The van der Waals surface area contributed by atoms with Gasteiger partial charge in [-0.25, -0.2) is 0 Å². The first-order valence-electron chi connectivity index (χ1n) is 14.1. The molecule has 1 N–H and O–H groups in total. The number of carbonyl (C=O) groups excluding carboxylic acids is 4. The predicted octanol–water partition coefficient (Wildman–Crippen LogP) is 5.07. The van der Waals surface area contributed by atoms with Gasteiger partial charge in [0.1, 0.15) is 18.1 Å². The van der Waals surface area contributed by atoms with Crippen molar-refractivity contribution in [2.45, 2.75) is 70.6 Å². The summed E-state index contributed by atoms with van der Waals surface area (Å²) >= 11 is 0. The fraction of sp³-hybridized carbons (Fsp3) is 0.500. The maximum Gasteiger partial charge on any atom is 0.220 e. The molecule has 1 aliphatic carbocycles. The molecular weight excluding hydrogens is 494 g/mol. The lowest BCUT2D eigenvalue weighted by Crippen LogP contribution is -2.25. The molecular formula is C32H41NO6. The molecule has 0 bridgehead atoms. The van der Waals surface area contributed by atoms with Gasteiger partial charge in [-0.3, -0.25) is 19.2 Å². The van der Waals surface area contributed by atoms with Crippen molar-refractivity contribution >= 4 is 23.3 Å². The van der Waals surface area contributed by atoms with Gasteiger partial charge in [-0.1, -0.05) is 24.3 Å². The zero-order valence-electron chi connectivity index (χ0n) is 23.0. The molecule has 3 rings (SSSR count). The van der Waals surface area contributed by atoms with Crippen LogP contribution in [0.25, 0.3) is 0 Å². The lowest BCUT2D eigenvalue weighted by molar-refractivity contribution is -0.125. The molecule has 0 heterocycles. The summed E-state index contributed by atoms with van der Waals surface area (Å²) < 4.78 is 10.5. The number of amides is 1. The summed E-state index contributed by atoms with van der Waals surface area (Å²) in [5, 5.41) is 2.73. The first-order chi connectivity index (χ1) is 18.9. The zero-order chi connectivity index (χ0) is 27.9. The highest BCUT2D eigenvalue weighted by atomic mass is 16.5. The van der Waals surface area contributed by atoms with Crippen molar-refractivity contribution < 1.29 is 28.7 Å². The molecule has 0 fully saturated rings. The summed E-state index contributed by atoms with van der Waals surface area (Å²) in [5.74, 6) is 1.05. The Kier molecular flexibility index (Phi) is 12.9. The lowest BCUT2D eigenvalue weighted by Gasteiger charge is -2.14. The van der Waals surface area contributed by atoms with Gasteiger partial charge in [-0.05, 0) is 79.8 Å². The fourth-order valence-corrected chi connectivity index (χ4v) is 4.96. The average Bonchev–Trinajstić information content (AvgIpc) is 3.14. The maximum atomic E-state index is 12.9. The molecule has 210 valence electrons. The first kappa shape index (κ1) is 30.2. The number of hydrogen-bond donors (Lipinski definition) is 1. The van der Waals surface area contributed by atoms with E-state index >= 15 is 0 Å². The highest BCUT2D eigenvalue weighted by Gasteiger charge is 2.20. The summed E-state index contributed by atoms with van der Waals surface area (Å²) in [4.78, 5) is 48.2. The summed E-state index contributed by atoms with van der Waals surface area (Å²) in [6.07, 6.45) is 6.98. The molecule has 1 atom stereocenters. The quantitative estimate of drug-likeness (QED) is 0.172. The Hall–Kier alpha value is -3.32. The second-order valence-electron chi connectivity index (χ2n) is 10.3.